The first-order chi connectivity index (χ1) is 8.49. The SMILES string of the molecule is Cc1ccc(/C=C/C(=O)NOCC(C)C)cc1Cl. The van der Waals surface area contributed by atoms with Gasteiger partial charge in [0.05, 0.1) is 6.61 Å². The second kappa shape index (κ2) is 7.19. The minimum Gasteiger partial charge on any atom is -0.273 e. The number of hydrogen-bond acceptors (Lipinski definition) is 2. The molecule has 3 nitrogen and oxygen atoms in total. The number of aryl methyl sites for hydroxylation is 1. The lowest BCUT2D eigenvalue weighted by atomic mass is 10.1. The molecular weight excluding hydrogens is 250 g/mol. The Bertz CT molecular complexity index is 441. The molecule has 0 heterocycles. The molecule has 98 valence electrons. The van der Waals surface area contributed by atoms with E-state index < -0.39 is 0 Å². The van der Waals surface area contributed by atoms with E-state index in [-0.39, 0.29) is 5.91 Å². The number of rotatable bonds is 5. The van der Waals surface area contributed by atoms with Gasteiger partial charge in [0, 0.05) is 11.1 Å². The number of carbonyl (C=O) groups is 1. The van der Waals surface area contributed by atoms with Gasteiger partial charge in [-0.25, -0.2) is 5.48 Å². The molecule has 1 N–H and O–H groups in total. The highest BCUT2D eigenvalue weighted by atomic mass is 35.5. The Kier molecular flexibility index (Phi) is 5.89. The molecule has 0 aliphatic carbocycles. The van der Waals surface area contributed by atoms with Crippen LogP contribution in [0, 0.1) is 12.8 Å². The van der Waals surface area contributed by atoms with Gasteiger partial charge in [0.1, 0.15) is 0 Å². The Morgan fingerprint density at radius 1 is 1.50 bits per heavy atom. The van der Waals surface area contributed by atoms with E-state index in [1.807, 2.05) is 39.0 Å². The summed E-state index contributed by atoms with van der Waals surface area (Å²) in [6.45, 7) is 6.45. The molecule has 0 saturated heterocycles. The van der Waals surface area contributed by atoms with Crippen molar-refractivity contribution < 1.29 is 9.63 Å². The minimum atomic E-state index is -0.285. The lowest BCUT2D eigenvalue weighted by Crippen LogP contribution is -2.23. The fraction of sp³-hybridized carbons (Fsp3) is 0.357. The summed E-state index contributed by atoms with van der Waals surface area (Å²) in [7, 11) is 0. The van der Waals surface area contributed by atoms with E-state index in [2.05, 4.69) is 5.48 Å². The quantitative estimate of drug-likeness (QED) is 0.656. The third kappa shape index (κ3) is 5.34. The smallest absolute Gasteiger partial charge is 0.267 e. The molecule has 18 heavy (non-hydrogen) atoms. The van der Waals surface area contributed by atoms with Crippen molar-refractivity contribution in [2.24, 2.45) is 5.92 Å². The molecule has 1 amide bonds. The summed E-state index contributed by atoms with van der Waals surface area (Å²) >= 11 is 5.99. The Hall–Kier alpha value is -1.32. The van der Waals surface area contributed by atoms with Crippen molar-refractivity contribution in [3.8, 4) is 0 Å². The van der Waals surface area contributed by atoms with Crippen molar-refractivity contribution in [2.45, 2.75) is 20.8 Å². The maximum atomic E-state index is 11.4. The van der Waals surface area contributed by atoms with Crippen LogP contribution in [0.3, 0.4) is 0 Å². The molecule has 0 aromatic heterocycles. The normalized spacial score (nSPS) is 11.2. The van der Waals surface area contributed by atoms with Crippen molar-refractivity contribution in [2.75, 3.05) is 6.61 Å². The minimum absolute atomic E-state index is 0.285. The number of nitrogens with one attached hydrogen (secondary N) is 1. The van der Waals surface area contributed by atoms with E-state index >= 15 is 0 Å². The van der Waals surface area contributed by atoms with Crippen molar-refractivity contribution in [3.05, 3.63) is 40.4 Å². The lowest BCUT2D eigenvalue weighted by Gasteiger charge is -2.05. The number of hydrogen-bond donors (Lipinski definition) is 1. The first-order valence-corrected chi connectivity index (χ1v) is 6.23. The van der Waals surface area contributed by atoms with Gasteiger partial charge in [-0.3, -0.25) is 9.63 Å². The second-order valence-corrected chi connectivity index (χ2v) is 4.92. The van der Waals surface area contributed by atoms with Crippen molar-refractivity contribution >= 4 is 23.6 Å². The molecule has 0 aliphatic heterocycles. The fourth-order valence-corrected chi connectivity index (χ4v) is 1.39. The molecule has 1 aromatic rings. The molecule has 0 saturated carbocycles. The zero-order valence-corrected chi connectivity index (χ0v) is 11.6. The Labute approximate surface area is 113 Å². The van der Waals surface area contributed by atoms with E-state index in [1.54, 1.807) is 6.08 Å². The summed E-state index contributed by atoms with van der Waals surface area (Å²) in [5.41, 5.74) is 4.24. The summed E-state index contributed by atoms with van der Waals surface area (Å²) in [6, 6.07) is 5.63. The number of halogens is 1. The lowest BCUT2D eigenvalue weighted by molar-refractivity contribution is -0.129. The maximum Gasteiger partial charge on any atom is 0.267 e. The van der Waals surface area contributed by atoms with Crippen molar-refractivity contribution in [1.29, 1.82) is 0 Å². The number of carbonyl (C=O) groups excluding carboxylic acids is 1. The highest BCUT2D eigenvalue weighted by molar-refractivity contribution is 6.31. The summed E-state index contributed by atoms with van der Waals surface area (Å²) < 4.78 is 0. The van der Waals surface area contributed by atoms with Crippen LogP contribution in [0.4, 0.5) is 0 Å². The van der Waals surface area contributed by atoms with Crippen LogP contribution in [0.5, 0.6) is 0 Å². The first kappa shape index (κ1) is 14.7. The van der Waals surface area contributed by atoms with Gasteiger partial charge in [0.15, 0.2) is 0 Å². The monoisotopic (exact) mass is 267 g/mol. The van der Waals surface area contributed by atoms with Gasteiger partial charge >= 0.3 is 0 Å². The van der Waals surface area contributed by atoms with E-state index in [1.165, 1.54) is 6.08 Å². The van der Waals surface area contributed by atoms with Crippen LogP contribution < -0.4 is 5.48 Å². The molecule has 0 unspecified atom stereocenters. The number of benzene rings is 1. The highest BCUT2D eigenvalue weighted by Gasteiger charge is 1.98. The van der Waals surface area contributed by atoms with E-state index in [0.717, 1.165) is 11.1 Å². The number of amides is 1. The predicted octanol–water partition coefficient (Wildman–Crippen LogP) is 3.37. The van der Waals surface area contributed by atoms with E-state index in [0.29, 0.717) is 17.5 Å². The van der Waals surface area contributed by atoms with Crippen LogP contribution in [-0.4, -0.2) is 12.5 Å². The zero-order chi connectivity index (χ0) is 13.5. The highest BCUT2D eigenvalue weighted by Crippen LogP contribution is 2.17. The van der Waals surface area contributed by atoms with Crippen LogP contribution in [-0.2, 0) is 9.63 Å². The van der Waals surface area contributed by atoms with Crippen LogP contribution in [0.25, 0.3) is 6.08 Å². The Morgan fingerprint density at radius 2 is 2.22 bits per heavy atom. The standard InChI is InChI=1S/C14H18ClNO2/c1-10(2)9-18-16-14(17)7-6-12-5-4-11(3)13(15)8-12/h4-8,10H,9H2,1-3H3,(H,16,17)/b7-6+. The van der Waals surface area contributed by atoms with Crippen LogP contribution in [0.1, 0.15) is 25.0 Å². The second-order valence-electron chi connectivity index (χ2n) is 4.51. The topological polar surface area (TPSA) is 38.3 Å². The van der Waals surface area contributed by atoms with E-state index in [4.69, 9.17) is 16.4 Å². The molecule has 0 fully saturated rings. The predicted molar refractivity (Wildman–Crippen MR) is 74.2 cm³/mol. The van der Waals surface area contributed by atoms with Gasteiger partial charge in [-0.15, -0.1) is 0 Å². The Balaban J connectivity index is 2.48. The van der Waals surface area contributed by atoms with Gasteiger partial charge in [-0.05, 0) is 36.1 Å². The first-order valence-electron chi connectivity index (χ1n) is 5.85. The third-order valence-corrected chi connectivity index (χ3v) is 2.62. The van der Waals surface area contributed by atoms with Crippen LogP contribution in [0.15, 0.2) is 24.3 Å². The average Bonchev–Trinajstić information content (AvgIpc) is 2.30. The fourth-order valence-electron chi connectivity index (χ4n) is 1.20. The summed E-state index contributed by atoms with van der Waals surface area (Å²) in [5.74, 6) is 0.0949. The zero-order valence-electron chi connectivity index (χ0n) is 10.9. The molecule has 1 aromatic carbocycles. The number of hydroxylamine groups is 1. The third-order valence-electron chi connectivity index (χ3n) is 2.21. The molecule has 0 radical (unpaired) electrons. The van der Waals surface area contributed by atoms with Gasteiger partial charge in [-0.2, -0.15) is 0 Å². The van der Waals surface area contributed by atoms with Crippen LogP contribution in [0.2, 0.25) is 5.02 Å². The van der Waals surface area contributed by atoms with Gasteiger partial charge in [0.25, 0.3) is 5.91 Å². The molecule has 1 rings (SSSR count). The molecular formula is C14H18ClNO2. The largest absolute Gasteiger partial charge is 0.273 e. The maximum absolute atomic E-state index is 11.4. The molecule has 0 spiro atoms. The van der Waals surface area contributed by atoms with E-state index in [9.17, 15) is 4.79 Å². The van der Waals surface area contributed by atoms with Gasteiger partial charge in [0.2, 0.25) is 0 Å². The van der Waals surface area contributed by atoms with Crippen LogP contribution >= 0.6 is 11.6 Å². The molecule has 4 heteroatoms. The summed E-state index contributed by atoms with van der Waals surface area (Å²) in [5, 5.41) is 0.689. The van der Waals surface area contributed by atoms with Crippen molar-refractivity contribution in [3.63, 3.8) is 0 Å². The molecule has 0 aliphatic rings. The van der Waals surface area contributed by atoms with Gasteiger partial charge < -0.3 is 0 Å². The molecule has 0 bridgehead atoms. The summed E-state index contributed by atoms with van der Waals surface area (Å²) in [4.78, 5) is 16.4. The van der Waals surface area contributed by atoms with Gasteiger partial charge in [-0.1, -0.05) is 37.6 Å². The Morgan fingerprint density at radius 3 is 2.83 bits per heavy atom. The summed E-state index contributed by atoms with van der Waals surface area (Å²) in [6.07, 6.45) is 3.11. The average molecular weight is 268 g/mol. The van der Waals surface area contributed by atoms with Crippen molar-refractivity contribution in [1.82, 2.24) is 5.48 Å². The molecule has 0 atom stereocenters.